The molecule has 1 aromatic heterocycles. The van der Waals surface area contributed by atoms with Gasteiger partial charge in [0, 0.05) is 11.3 Å². The number of amides is 1. The monoisotopic (exact) mass is 352 g/mol. The van der Waals surface area contributed by atoms with Gasteiger partial charge in [0.25, 0.3) is 0 Å². The number of nitriles is 1. The average molecular weight is 352 g/mol. The van der Waals surface area contributed by atoms with Crippen LogP contribution in [0.25, 0.3) is 10.9 Å². The van der Waals surface area contributed by atoms with Crippen molar-refractivity contribution in [2.24, 2.45) is 5.92 Å². The minimum Gasteiger partial charge on any atom is -0.308 e. The van der Waals surface area contributed by atoms with Crippen LogP contribution in [0.3, 0.4) is 0 Å². The van der Waals surface area contributed by atoms with Crippen molar-refractivity contribution in [3.8, 4) is 6.07 Å². The Labute approximate surface area is 147 Å². The molecule has 0 unspecified atom stereocenters. The van der Waals surface area contributed by atoms with Crippen LogP contribution in [0.15, 0.2) is 30.3 Å². The number of rotatable bonds is 3. The molecule has 1 saturated carbocycles. The number of H-pyrrole nitrogens is 1. The maximum atomic E-state index is 13.9. The smallest absolute Gasteiger partial charge is 0.229 e. The number of hydrogen-bond acceptors (Lipinski definition) is 3. The van der Waals surface area contributed by atoms with E-state index >= 15 is 0 Å². The fraction of sp³-hybridized carbons (Fsp3) is 0.211. The summed E-state index contributed by atoms with van der Waals surface area (Å²) in [5.41, 5.74) is 2.18. The number of halogens is 2. The molecule has 3 aromatic rings. The summed E-state index contributed by atoms with van der Waals surface area (Å²) in [7, 11) is 0. The van der Waals surface area contributed by atoms with Gasteiger partial charge in [-0.15, -0.1) is 0 Å². The molecule has 4 rings (SSSR count). The second-order valence-electron chi connectivity index (χ2n) is 6.48. The molecule has 1 aliphatic rings. The van der Waals surface area contributed by atoms with Crippen molar-refractivity contribution in [2.75, 3.05) is 5.32 Å². The maximum absolute atomic E-state index is 13.9. The normalized spacial score (nSPS) is 18.5. The Balaban J connectivity index is 1.55. The molecular formula is C19H14F2N4O. The van der Waals surface area contributed by atoms with Gasteiger partial charge >= 0.3 is 0 Å². The molecule has 2 atom stereocenters. The van der Waals surface area contributed by atoms with Gasteiger partial charge in [-0.2, -0.15) is 10.4 Å². The highest BCUT2D eigenvalue weighted by atomic mass is 19.2. The quantitative estimate of drug-likeness (QED) is 0.753. The zero-order valence-corrected chi connectivity index (χ0v) is 13.8. The summed E-state index contributed by atoms with van der Waals surface area (Å²) in [5.74, 6) is -2.47. The van der Waals surface area contributed by atoms with Crippen molar-refractivity contribution in [1.29, 1.82) is 5.26 Å². The van der Waals surface area contributed by atoms with Gasteiger partial charge in [-0.25, -0.2) is 8.78 Å². The Morgan fingerprint density at radius 2 is 2.19 bits per heavy atom. The van der Waals surface area contributed by atoms with E-state index in [9.17, 15) is 13.6 Å². The number of hydrogen-bond donors (Lipinski definition) is 2. The third-order valence-corrected chi connectivity index (χ3v) is 4.78. The number of nitrogens with zero attached hydrogens (tertiary/aromatic N) is 2. The van der Waals surface area contributed by atoms with Gasteiger partial charge in [0.05, 0.1) is 17.1 Å². The first-order valence-corrected chi connectivity index (χ1v) is 8.13. The van der Waals surface area contributed by atoms with Crippen molar-refractivity contribution < 1.29 is 13.6 Å². The Bertz CT molecular complexity index is 1080. The Kier molecular flexibility index (Phi) is 3.69. The summed E-state index contributed by atoms with van der Waals surface area (Å²) in [5, 5.41) is 19.4. The van der Waals surface area contributed by atoms with Gasteiger partial charge in [0.15, 0.2) is 17.5 Å². The first kappa shape index (κ1) is 16.2. The number of aryl methyl sites for hydroxylation is 1. The number of benzene rings is 2. The van der Waals surface area contributed by atoms with Crippen LogP contribution >= 0.6 is 0 Å². The van der Waals surface area contributed by atoms with E-state index in [0.29, 0.717) is 28.7 Å². The predicted molar refractivity (Wildman–Crippen MR) is 91.4 cm³/mol. The SMILES string of the molecule is Cc1cc2c(NC(=O)[C@@H]3C[C@H]3c3cccc(F)c3F)n[nH]c2cc1C#N. The number of fused-ring (bicyclic) bond motifs is 1. The second kappa shape index (κ2) is 5.92. The summed E-state index contributed by atoms with van der Waals surface area (Å²) < 4.78 is 27.2. The lowest BCUT2D eigenvalue weighted by Crippen LogP contribution is -2.15. The van der Waals surface area contributed by atoms with Crippen molar-refractivity contribution in [1.82, 2.24) is 10.2 Å². The van der Waals surface area contributed by atoms with Gasteiger partial charge in [-0.3, -0.25) is 9.89 Å². The van der Waals surface area contributed by atoms with Crippen molar-refractivity contribution in [3.63, 3.8) is 0 Å². The largest absolute Gasteiger partial charge is 0.308 e. The van der Waals surface area contributed by atoms with Crippen LogP contribution in [0.5, 0.6) is 0 Å². The van der Waals surface area contributed by atoms with Crippen molar-refractivity contribution in [2.45, 2.75) is 19.3 Å². The van der Waals surface area contributed by atoms with E-state index < -0.39 is 17.6 Å². The molecule has 0 radical (unpaired) electrons. The van der Waals surface area contributed by atoms with Crippen molar-refractivity contribution in [3.05, 3.63) is 58.7 Å². The standard InChI is InChI=1S/C19H14F2N4O/c1-9-5-14-16(6-10(9)8-22)24-25-18(14)23-19(26)13-7-12(13)11-3-2-4-15(20)17(11)21/h2-6,12-13H,7H2,1H3,(H2,23,24,25,26)/t12-,13+/m0/s1. The van der Waals surface area contributed by atoms with Gasteiger partial charge < -0.3 is 5.32 Å². The lowest BCUT2D eigenvalue weighted by Gasteiger charge is -2.05. The number of carbonyl (C=O) groups excluding carboxylic acids is 1. The zero-order valence-electron chi connectivity index (χ0n) is 13.8. The van der Waals surface area contributed by atoms with Gasteiger partial charge in [-0.1, -0.05) is 12.1 Å². The topological polar surface area (TPSA) is 81.6 Å². The van der Waals surface area contributed by atoms with Crippen LogP contribution in [0, 0.1) is 35.8 Å². The molecule has 2 N–H and O–H groups in total. The highest BCUT2D eigenvalue weighted by molar-refractivity contribution is 6.02. The molecule has 0 bridgehead atoms. The highest BCUT2D eigenvalue weighted by Gasteiger charge is 2.45. The van der Waals surface area contributed by atoms with Gasteiger partial charge in [-0.05, 0) is 48.6 Å². The predicted octanol–water partition coefficient (Wildman–Crippen LogP) is 3.76. The molecule has 7 heteroatoms. The fourth-order valence-electron chi connectivity index (χ4n) is 3.23. The Morgan fingerprint density at radius 1 is 1.38 bits per heavy atom. The summed E-state index contributed by atoms with van der Waals surface area (Å²) in [6.45, 7) is 1.81. The molecule has 26 heavy (non-hydrogen) atoms. The van der Waals surface area contributed by atoms with E-state index in [1.807, 2.05) is 0 Å². The molecule has 1 amide bonds. The minimum atomic E-state index is -0.907. The molecule has 1 fully saturated rings. The summed E-state index contributed by atoms with van der Waals surface area (Å²) >= 11 is 0. The van der Waals surface area contributed by atoms with Crippen LogP contribution in [-0.4, -0.2) is 16.1 Å². The van der Waals surface area contributed by atoms with E-state index in [1.165, 1.54) is 12.1 Å². The van der Waals surface area contributed by atoms with E-state index in [0.717, 1.165) is 11.6 Å². The minimum absolute atomic E-state index is 0.228. The second-order valence-corrected chi connectivity index (χ2v) is 6.48. The van der Waals surface area contributed by atoms with Gasteiger partial charge in [0.2, 0.25) is 5.91 Å². The molecule has 0 spiro atoms. The maximum Gasteiger partial charge on any atom is 0.229 e. The van der Waals surface area contributed by atoms with Crippen LogP contribution in [0.4, 0.5) is 14.6 Å². The first-order valence-electron chi connectivity index (χ1n) is 8.13. The molecule has 0 aliphatic heterocycles. The van der Waals surface area contributed by atoms with E-state index in [4.69, 9.17) is 5.26 Å². The summed E-state index contributed by atoms with van der Waals surface area (Å²) in [6, 6.07) is 9.56. The molecule has 1 aliphatic carbocycles. The molecule has 5 nitrogen and oxygen atoms in total. The van der Waals surface area contributed by atoms with Crippen LogP contribution in [-0.2, 0) is 4.79 Å². The highest BCUT2D eigenvalue weighted by Crippen LogP contribution is 2.49. The third-order valence-electron chi connectivity index (χ3n) is 4.78. The lowest BCUT2D eigenvalue weighted by atomic mass is 10.1. The van der Waals surface area contributed by atoms with E-state index in [-0.39, 0.29) is 17.4 Å². The van der Waals surface area contributed by atoms with E-state index in [2.05, 4.69) is 21.6 Å². The Morgan fingerprint density at radius 3 is 2.96 bits per heavy atom. The number of anilines is 1. The van der Waals surface area contributed by atoms with Crippen LogP contribution < -0.4 is 5.32 Å². The number of aromatic amines is 1. The third kappa shape index (κ3) is 2.60. The van der Waals surface area contributed by atoms with E-state index in [1.54, 1.807) is 19.1 Å². The summed E-state index contributed by atoms with van der Waals surface area (Å²) in [6.07, 6.45) is 0.464. The fourth-order valence-corrected chi connectivity index (χ4v) is 3.23. The molecular weight excluding hydrogens is 338 g/mol. The van der Waals surface area contributed by atoms with Crippen LogP contribution in [0.2, 0.25) is 0 Å². The molecule has 2 aromatic carbocycles. The molecule has 1 heterocycles. The summed E-state index contributed by atoms with van der Waals surface area (Å²) in [4.78, 5) is 12.5. The zero-order chi connectivity index (χ0) is 18.4. The number of aromatic nitrogens is 2. The lowest BCUT2D eigenvalue weighted by molar-refractivity contribution is -0.117. The number of nitrogens with one attached hydrogen (secondary N) is 2. The number of carbonyl (C=O) groups is 1. The average Bonchev–Trinajstić information content (AvgIpc) is 3.34. The molecule has 130 valence electrons. The van der Waals surface area contributed by atoms with Gasteiger partial charge in [0.1, 0.15) is 0 Å². The molecule has 0 saturated heterocycles. The van der Waals surface area contributed by atoms with Crippen molar-refractivity contribution >= 4 is 22.6 Å². The first-order chi connectivity index (χ1) is 12.5. The van der Waals surface area contributed by atoms with Crippen LogP contribution in [0.1, 0.15) is 29.0 Å². The Hall–Kier alpha value is -3.27.